The minimum absolute atomic E-state index is 0.0531. The second-order valence-electron chi connectivity index (χ2n) is 7.90. The first-order valence-corrected chi connectivity index (χ1v) is 11.2. The zero-order valence-corrected chi connectivity index (χ0v) is 17.5. The number of anilines is 1. The van der Waals surface area contributed by atoms with Gasteiger partial charge in [-0.3, -0.25) is 4.79 Å². The van der Waals surface area contributed by atoms with Gasteiger partial charge in [0.15, 0.2) is 5.13 Å². The molecule has 0 aliphatic carbocycles. The van der Waals surface area contributed by atoms with E-state index in [9.17, 15) is 4.79 Å². The van der Waals surface area contributed by atoms with Gasteiger partial charge in [-0.05, 0) is 45.0 Å². The molecule has 7 nitrogen and oxygen atoms in total. The molecule has 2 aromatic heterocycles. The minimum Gasteiger partial charge on any atom is -0.356 e. The van der Waals surface area contributed by atoms with E-state index in [0.29, 0.717) is 0 Å². The molecular weight excluding hydrogens is 372 g/mol. The summed E-state index contributed by atoms with van der Waals surface area (Å²) in [5.41, 5.74) is 0.943. The van der Waals surface area contributed by atoms with Crippen molar-refractivity contribution in [2.24, 2.45) is 5.92 Å². The molecule has 2 fully saturated rings. The number of amides is 1. The third-order valence-corrected chi connectivity index (χ3v) is 6.80. The Morgan fingerprint density at radius 2 is 2.14 bits per heavy atom. The fourth-order valence-electron chi connectivity index (χ4n) is 3.99. The normalized spacial score (nSPS) is 21.9. The number of thiazole rings is 1. The molecule has 0 spiro atoms. The summed E-state index contributed by atoms with van der Waals surface area (Å²) in [6, 6.07) is 3.91. The van der Waals surface area contributed by atoms with Crippen molar-refractivity contribution in [3.05, 3.63) is 18.3 Å². The zero-order chi connectivity index (χ0) is 19.3. The number of nitrogens with one attached hydrogen (secondary N) is 1. The number of rotatable bonds is 6. The Labute approximate surface area is 170 Å². The van der Waals surface area contributed by atoms with Crippen molar-refractivity contribution in [2.75, 3.05) is 64.3 Å². The first kappa shape index (κ1) is 19.5. The molecule has 1 atom stereocenters. The maximum absolute atomic E-state index is 12.7. The maximum atomic E-state index is 12.7. The Kier molecular flexibility index (Phi) is 6.39. The summed E-state index contributed by atoms with van der Waals surface area (Å²) in [5.74, 6) is 0.250. The molecule has 2 aliphatic heterocycles. The Morgan fingerprint density at radius 3 is 2.96 bits per heavy atom. The molecule has 2 aromatic rings. The average molecular weight is 403 g/mol. The van der Waals surface area contributed by atoms with E-state index < -0.39 is 0 Å². The van der Waals surface area contributed by atoms with Crippen molar-refractivity contribution in [2.45, 2.75) is 19.3 Å². The lowest BCUT2D eigenvalue weighted by molar-refractivity contribution is -0.125. The highest BCUT2D eigenvalue weighted by Gasteiger charge is 2.27. The van der Waals surface area contributed by atoms with E-state index in [1.54, 1.807) is 17.5 Å². The van der Waals surface area contributed by atoms with E-state index in [1.807, 2.05) is 12.1 Å². The summed E-state index contributed by atoms with van der Waals surface area (Å²) < 4.78 is 0. The molecule has 0 saturated carbocycles. The van der Waals surface area contributed by atoms with Crippen LogP contribution in [0.15, 0.2) is 18.3 Å². The van der Waals surface area contributed by atoms with Gasteiger partial charge in [0.05, 0.1) is 5.92 Å². The molecule has 8 heteroatoms. The molecule has 152 valence electrons. The van der Waals surface area contributed by atoms with Crippen LogP contribution in [-0.4, -0.2) is 85.1 Å². The molecule has 0 bridgehead atoms. The monoisotopic (exact) mass is 402 g/mol. The Balaban J connectivity index is 1.23. The van der Waals surface area contributed by atoms with Gasteiger partial charge in [-0.25, -0.2) is 9.97 Å². The number of pyridine rings is 1. The van der Waals surface area contributed by atoms with Crippen molar-refractivity contribution < 1.29 is 4.79 Å². The summed E-state index contributed by atoms with van der Waals surface area (Å²) >= 11 is 1.62. The highest BCUT2D eigenvalue weighted by atomic mass is 32.1. The number of nitrogens with zero attached hydrogens (tertiary/aromatic N) is 5. The summed E-state index contributed by atoms with van der Waals surface area (Å²) in [4.78, 5) is 29.8. The van der Waals surface area contributed by atoms with Crippen LogP contribution in [-0.2, 0) is 4.79 Å². The van der Waals surface area contributed by atoms with Gasteiger partial charge in [-0.2, -0.15) is 0 Å². The minimum atomic E-state index is 0.0531. The smallest absolute Gasteiger partial charge is 0.224 e. The molecule has 0 unspecified atom stereocenters. The van der Waals surface area contributed by atoms with Crippen LogP contribution < -0.4 is 10.2 Å². The summed E-state index contributed by atoms with van der Waals surface area (Å²) in [6.07, 6.45) is 4.82. The van der Waals surface area contributed by atoms with Crippen LogP contribution in [0, 0.1) is 5.92 Å². The van der Waals surface area contributed by atoms with Gasteiger partial charge in [-0.1, -0.05) is 11.3 Å². The summed E-state index contributed by atoms with van der Waals surface area (Å²) in [6.45, 7) is 8.13. The van der Waals surface area contributed by atoms with Crippen LogP contribution >= 0.6 is 11.3 Å². The number of carbonyl (C=O) groups is 1. The number of carbonyl (C=O) groups excluding carboxylic acids is 1. The maximum Gasteiger partial charge on any atom is 0.224 e. The zero-order valence-electron chi connectivity index (χ0n) is 16.6. The van der Waals surface area contributed by atoms with Gasteiger partial charge in [-0.15, -0.1) is 0 Å². The number of piperidine rings is 1. The van der Waals surface area contributed by atoms with E-state index in [-0.39, 0.29) is 11.8 Å². The largest absolute Gasteiger partial charge is 0.356 e. The molecular formula is C20H30N6OS. The summed E-state index contributed by atoms with van der Waals surface area (Å²) in [5, 5.41) is 4.15. The lowest BCUT2D eigenvalue weighted by Crippen LogP contribution is -2.46. The van der Waals surface area contributed by atoms with Crippen LogP contribution in [0.4, 0.5) is 5.13 Å². The van der Waals surface area contributed by atoms with Crippen LogP contribution in [0.2, 0.25) is 0 Å². The van der Waals surface area contributed by atoms with Gasteiger partial charge in [0.2, 0.25) is 5.91 Å². The summed E-state index contributed by atoms with van der Waals surface area (Å²) in [7, 11) is 2.18. The molecule has 1 N–H and O–H groups in total. The molecule has 28 heavy (non-hydrogen) atoms. The van der Waals surface area contributed by atoms with Crippen LogP contribution in [0.5, 0.6) is 0 Å². The second-order valence-corrected chi connectivity index (χ2v) is 8.85. The number of likely N-dealkylation sites (N-methyl/N-ethyl adjacent to an activating group) is 1. The van der Waals surface area contributed by atoms with Crippen molar-refractivity contribution in [1.82, 2.24) is 25.1 Å². The van der Waals surface area contributed by atoms with E-state index in [4.69, 9.17) is 4.98 Å². The number of piperazine rings is 1. The Bertz CT molecular complexity index is 755. The third-order valence-electron chi connectivity index (χ3n) is 5.76. The molecule has 2 aliphatic rings. The molecule has 2 saturated heterocycles. The Hall–Kier alpha value is -1.77. The standard InChI is InChI=1S/C20H30N6OS/c1-24-11-13-25(14-12-24)9-4-8-21-18(27)16-5-3-10-26(15-16)20-23-17-6-2-7-22-19(17)28-20/h2,6-7,16H,3-5,8-15H2,1H3,(H,21,27)/t16-/m0/s1. The lowest BCUT2D eigenvalue weighted by Gasteiger charge is -2.33. The van der Waals surface area contributed by atoms with E-state index >= 15 is 0 Å². The van der Waals surface area contributed by atoms with Gasteiger partial charge >= 0.3 is 0 Å². The molecule has 4 heterocycles. The van der Waals surface area contributed by atoms with Crippen molar-refractivity contribution in [3.63, 3.8) is 0 Å². The van der Waals surface area contributed by atoms with Crippen molar-refractivity contribution in [3.8, 4) is 0 Å². The highest BCUT2D eigenvalue weighted by molar-refractivity contribution is 7.21. The fraction of sp³-hybridized carbons (Fsp3) is 0.650. The number of hydrogen-bond acceptors (Lipinski definition) is 7. The van der Waals surface area contributed by atoms with Crippen LogP contribution in [0.3, 0.4) is 0 Å². The number of hydrogen-bond donors (Lipinski definition) is 1. The van der Waals surface area contributed by atoms with Gasteiger partial charge in [0, 0.05) is 52.0 Å². The van der Waals surface area contributed by atoms with Gasteiger partial charge < -0.3 is 20.0 Å². The van der Waals surface area contributed by atoms with Crippen LogP contribution in [0.25, 0.3) is 10.3 Å². The van der Waals surface area contributed by atoms with Gasteiger partial charge in [0.1, 0.15) is 10.3 Å². The highest BCUT2D eigenvalue weighted by Crippen LogP contribution is 2.30. The predicted molar refractivity (Wildman–Crippen MR) is 114 cm³/mol. The van der Waals surface area contributed by atoms with E-state index in [0.717, 1.165) is 87.1 Å². The van der Waals surface area contributed by atoms with Crippen molar-refractivity contribution in [1.29, 1.82) is 0 Å². The molecule has 0 aromatic carbocycles. The van der Waals surface area contributed by atoms with E-state index in [1.165, 1.54) is 0 Å². The molecule has 0 radical (unpaired) electrons. The third kappa shape index (κ3) is 4.79. The predicted octanol–water partition coefficient (Wildman–Crippen LogP) is 1.66. The fourth-order valence-corrected chi connectivity index (χ4v) is 4.93. The second kappa shape index (κ2) is 9.15. The topological polar surface area (TPSA) is 64.6 Å². The van der Waals surface area contributed by atoms with Crippen LogP contribution in [0.1, 0.15) is 19.3 Å². The van der Waals surface area contributed by atoms with E-state index in [2.05, 4.69) is 32.0 Å². The molecule has 1 amide bonds. The quantitative estimate of drug-likeness (QED) is 0.742. The number of fused-ring (bicyclic) bond motifs is 1. The molecule has 4 rings (SSSR count). The Morgan fingerprint density at radius 1 is 1.29 bits per heavy atom. The first-order chi connectivity index (χ1) is 13.7. The lowest BCUT2D eigenvalue weighted by atomic mass is 9.97. The van der Waals surface area contributed by atoms with Crippen molar-refractivity contribution >= 4 is 32.7 Å². The average Bonchev–Trinajstić information content (AvgIpc) is 3.17. The SMILES string of the molecule is CN1CCN(CCCNC(=O)[C@H]2CCCN(c3nc4cccnc4s3)C2)CC1. The number of aromatic nitrogens is 2. The van der Waals surface area contributed by atoms with Gasteiger partial charge in [0.25, 0.3) is 0 Å². The first-order valence-electron chi connectivity index (χ1n) is 10.3.